The molecule has 0 spiro atoms. The van der Waals surface area contributed by atoms with Gasteiger partial charge in [0.1, 0.15) is 0 Å². The molecule has 16 heavy (non-hydrogen) atoms. The molecule has 0 fully saturated rings. The largest absolute Gasteiger partial charge is 0.109 e. The number of rotatable bonds is 7. The van der Waals surface area contributed by atoms with Gasteiger partial charge in [-0.05, 0) is 48.4 Å². The third-order valence-electron chi connectivity index (χ3n) is 1.46. The van der Waals surface area contributed by atoms with E-state index < -0.39 is 0 Å². The summed E-state index contributed by atoms with van der Waals surface area (Å²) in [5, 5.41) is 0. The zero-order valence-corrected chi connectivity index (χ0v) is 23.4. The van der Waals surface area contributed by atoms with Gasteiger partial charge in [0.2, 0.25) is 0 Å². The van der Waals surface area contributed by atoms with E-state index in [0.29, 0.717) is 0 Å². The van der Waals surface area contributed by atoms with Gasteiger partial charge in [-0.2, -0.15) is 0 Å². The van der Waals surface area contributed by atoms with Crippen molar-refractivity contribution in [3.05, 3.63) is 0 Å². The SMILES string of the molecule is CCP(P(PP)P(P)P)P(P(P)P)P(P)P. The highest BCUT2D eigenvalue weighted by atomic mass is 33.2. The fraction of sp³-hybridized carbons (Fsp3) is 1.00. The highest BCUT2D eigenvalue weighted by molar-refractivity contribution is 9.21. The second kappa shape index (κ2) is 12.4. The molecule has 10 unspecified atom stereocenters. The van der Waals surface area contributed by atoms with E-state index in [2.05, 4.69) is 69.4 Å². The van der Waals surface area contributed by atoms with Crippen LogP contribution in [0, 0.1) is 0 Å². The van der Waals surface area contributed by atoms with Gasteiger partial charge < -0.3 is 0 Å². The van der Waals surface area contributed by atoms with Gasteiger partial charge in [0, 0.05) is 0 Å². The fourth-order valence-electron chi connectivity index (χ4n) is 0.946. The first-order valence-electron chi connectivity index (χ1n) is 4.08. The molecule has 0 aliphatic carbocycles. The highest BCUT2D eigenvalue weighted by Gasteiger charge is 2.33. The van der Waals surface area contributed by atoms with Gasteiger partial charge in [0.25, 0.3) is 0 Å². The zero-order valence-electron chi connectivity index (χ0n) is 8.93. The Morgan fingerprint density at radius 1 is 0.875 bits per heavy atom. The smallest absolute Gasteiger partial charge is 0.0102 e. The summed E-state index contributed by atoms with van der Waals surface area (Å²) in [5.41, 5.74) is 0. The number of hydrogen-bond acceptors (Lipinski definition) is 0. The van der Waals surface area contributed by atoms with E-state index >= 15 is 0 Å². The van der Waals surface area contributed by atoms with Gasteiger partial charge in [-0.3, -0.25) is 0 Å². The quantitative estimate of drug-likeness (QED) is 0.322. The van der Waals surface area contributed by atoms with Crippen LogP contribution in [-0.2, 0) is 0 Å². The molecule has 10 atom stereocenters. The normalized spacial score (nSPS) is 17.2. The molecule has 98 valence electrons. The molecular formula is C2H20P14. The van der Waals surface area contributed by atoms with E-state index in [1.54, 1.807) is 0 Å². The van der Waals surface area contributed by atoms with E-state index in [-0.39, 0.29) is 42.2 Å². The van der Waals surface area contributed by atoms with E-state index in [1.807, 2.05) is 0 Å². The van der Waals surface area contributed by atoms with Gasteiger partial charge in [0.15, 0.2) is 0 Å². The molecule has 0 rings (SSSR count). The molecule has 0 aromatic rings. The van der Waals surface area contributed by atoms with Crippen LogP contribution in [0.3, 0.4) is 0 Å². The average Bonchev–Trinajstić information content (AvgIpc) is 2.15. The molecule has 0 aliphatic heterocycles. The van der Waals surface area contributed by atoms with Gasteiger partial charge in [-0.25, -0.2) is 0 Å². The molecule has 0 aromatic heterocycles. The molecule has 0 heterocycles. The summed E-state index contributed by atoms with van der Waals surface area (Å²) in [6, 6.07) is 0. The maximum Gasteiger partial charge on any atom is -0.0102 e. The first-order chi connectivity index (χ1) is 7.36. The predicted molar refractivity (Wildman–Crippen MR) is 128 cm³/mol. The fourth-order valence-corrected chi connectivity index (χ4v) is 132. The van der Waals surface area contributed by atoms with Crippen LogP contribution in [0.2, 0.25) is 0 Å². The second-order valence-electron chi connectivity index (χ2n) is 2.52. The van der Waals surface area contributed by atoms with Crippen molar-refractivity contribution in [2.75, 3.05) is 6.16 Å². The van der Waals surface area contributed by atoms with Gasteiger partial charge in [0.05, 0.1) is 0 Å². The van der Waals surface area contributed by atoms with E-state index in [1.165, 1.54) is 6.16 Å². The number of hydrogen-bond donors (Lipinski definition) is 0. The van der Waals surface area contributed by atoms with Crippen LogP contribution >= 0.6 is 113 Å². The minimum Gasteiger partial charge on any atom is -0.109 e. The maximum absolute atomic E-state index is 3.10. The van der Waals surface area contributed by atoms with Crippen LogP contribution in [0.15, 0.2) is 0 Å². The van der Waals surface area contributed by atoms with Gasteiger partial charge >= 0.3 is 0 Å². The lowest BCUT2D eigenvalue weighted by atomic mass is 11.0. The van der Waals surface area contributed by atoms with Crippen molar-refractivity contribution in [3.8, 4) is 0 Å². The molecule has 0 radical (unpaired) electrons. The van der Waals surface area contributed by atoms with Crippen LogP contribution < -0.4 is 0 Å². The first-order valence-corrected chi connectivity index (χ1v) is 29.2. The molecule has 14 heteroatoms. The third kappa shape index (κ3) is 8.04. The summed E-state index contributed by atoms with van der Waals surface area (Å²) in [5.74, 6) is 0. The van der Waals surface area contributed by atoms with Crippen LogP contribution in [0.25, 0.3) is 0 Å². The minimum absolute atomic E-state index is 0.106. The summed E-state index contributed by atoms with van der Waals surface area (Å²) in [4.78, 5) is 0. The van der Waals surface area contributed by atoms with Crippen LogP contribution in [0.5, 0.6) is 0 Å². The molecule has 0 aromatic carbocycles. The van der Waals surface area contributed by atoms with Crippen molar-refractivity contribution in [1.82, 2.24) is 0 Å². The van der Waals surface area contributed by atoms with Crippen LogP contribution in [-0.4, -0.2) is 6.16 Å². The predicted octanol–water partition coefficient (Wildman–Crippen LogP) is 8.60. The Bertz CT molecular complexity index is 168. The van der Waals surface area contributed by atoms with Crippen molar-refractivity contribution in [2.24, 2.45) is 0 Å². The lowest BCUT2D eigenvalue weighted by molar-refractivity contribution is 1.53. The Balaban J connectivity index is 4.90. The van der Waals surface area contributed by atoms with Crippen molar-refractivity contribution in [3.63, 3.8) is 0 Å². The van der Waals surface area contributed by atoms with Crippen molar-refractivity contribution >= 4 is 113 Å². The lowest BCUT2D eigenvalue weighted by Gasteiger charge is -2.39. The molecule has 0 nitrogen and oxygen atoms in total. The highest BCUT2D eigenvalue weighted by Crippen LogP contribution is 3.18. The maximum atomic E-state index is 3.10. The Labute approximate surface area is 125 Å². The molecule has 0 saturated carbocycles. The molecule has 0 N–H and O–H groups in total. The lowest BCUT2D eigenvalue weighted by Crippen LogP contribution is -1.66. The van der Waals surface area contributed by atoms with Gasteiger partial charge in [-0.1, -0.05) is 14.9 Å². The Morgan fingerprint density at radius 3 is 1.50 bits per heavy atom. The first kappa shape index (κ1) is 22.0. The van der Waals surface area contributed by atoms with E-state index in [9.17, 15) is 0 Å². The standard InChI is InChI=1S/C2H20P14/c1-2-11(15(10-3)12(4)5)16(13(6)7)14(8)9/h10H,2-9H2,1H3. The molecule has 0 aliphatic rings. The summed E-state index contributed by atoms with van der Waals surface area (Å²) < 4.78 is 0. The summed E-state index contributed by atoms with van der Waals surface area (Å²) >= 11 is 0. The van der Waals surface area contributed by atoms with Crippen molar-refractivity contribution in [2.45, 2.75) is 6.92 Å². The Morgan fingerprint density at radius 2 is 1.31 bits per heavy atom. The third-order valence-corrected chi connectivity index (χ3v) is 83.5. The second-order valence-corrected chi connectivity index (χ2v) is 55.2. The van der Waals surface area contributed by atoms with Crippen molar-refractivity contribution < 1.29 is 0 Å². The summed E-state index contributed by atoms with van der Waals surface area (Å²) in [7, 11) is 23.0. The van der Waals surface area contributed by atoms with E-state index in [4.69, 9.17) is 0 Å². The Hall–Kier alpha value is 6.02. The van der Waals surface area contributed by atoms with Crippen molar-refractivity contribution in [1.29, 1.82) is 0 Å². The minimum atomic E-state index is 0.106. The van der Waals surface area contributed by atoms with Crippen LogP contribution in [0.4, 0.5) is 0 Å². The summed E-state index contributed by atoms with van der Waals surface area (Å²) in [6.45, 7) is 3.26. The van der Waals surface area contributed by atoms with Crippen LogP contribution in [0.1, 0.15) is 6.92 Å². The molecule has 0 bridgehead atoms. The zero-order chi connectivity index (χ0) is 12.9. The Kier molecular flexibility index (Phi) is 17.1. The molecular weight excluding hydrogens is 458 g/mol. The van der Waals surface area contributed by atoms with Gasteiger partial charge in [-0.15, -0.1) is 62.5 Å². The summed E-state index contributed by atoms with van der Waals surface area (Å²) in [6.07, 6.45) is 1.43. The molecule has 0 saturated heterocycles. The average molecular weight is 478 g/mol. The topological polar surface area (TPSA) is 0 Å². The monoisotopic (exact) mass is 478 g/mol. The molecule has 0 amide bonds. The van der Waals surface area contributed by atoms with E-state index in [0.717, 1.165) is 7.96 Å².